The minimum Gasteiger partial charge on any atom is -0.478 e. The zero-order chi connectivity index (χ0) is 24.8. The molecule has 0 saturated carbocycles. The van der Waals surface area contributed by atoms with Gasteiger partial charge in [-0.2, -0.15) is 5.10 Å². The second-order valence-electron chi connectivity index (χ2n) is 8.69. The molecule has 1 amide bonds. The molecule has 0 spiro atoms. The molecule has 0 radical (unpaired) electrons. The summed E-state index contributed by atoms with van der Waals surface area (Å²) in [6, 6.07) is 18.1. The molecule has 180 valence electrons. The topological polar surface area (TPSA) is 96.2 Å². The number of aryl methyl sites for hydroxylation is 1. The highest BCUT2D eigenvalue weighted by atomic mass is 16.4. The molecule has 7 heteroatoms. The molecule has 7 nitrogen and oxygen atoms in total. The molecule has 4 rings (SSSR count). The second kappa shape index (κ2) is 10.9. The van der Waals surface area contributed by atoms with E-state index in [4.69, 9.17) is 0 Å². The first-order chi connectivity index (χ1) is 16.9. The van der Waals surface area contributed by atoms with Gasteiger partial charge in [0.25, 0.3) is 5.91 Å². The first kappa shape index (κ1) is 24.0. The quantitative estimate of drug-likeness (QED) is 0.237. The molecular weight excluding hydrogens is 440 g/mol. The van der Waals surface area contributed by atoms with Crippen molar-refractivity contribution in [2.75, 3.05) is 17.2 Å². The van der Waals surface area contributed by atoms with Crippen LogP contribution in [-0.2, 0) is 0 Å². The van der Waals surface area contributed by atoms with Gasteiger partial charge in [0.15, 0.2) is 0 Å². The van der Waals surface area contributed by atoms with Crippen LogP contribution in [-0.4, -0.2) is 33.3 Å². The third kappa shape index (κ3) is 5.87. The number of hydrogen-bond donors (Lipinski definition) is 3. The van der Waals surface area contributed by atoms with E-state index in [2.05, 4.69) is 22.7 Å². The summed E-state index contributed by atoms with van der Waals surface area (Å²) in [4.78, 5) is 24.6. The number of rotatable bonds is 10. The minimum absolute atomic E-state index is 0.206. The number of nitrogens with one attached hydrogen (secondary N) is 2. The monoisotopic (exact) mass is 470 g/mol. The van der Waals surface area contributed by atoms with Crippen LogP contribution < -0.4 is 10.6 Å². The van der Waals surface area contributed by atoms with E-state index < -0.39 is 5.97 Å². The van der Waals surface area contributed by atoms with Crippen molar-refractivity contribution in [1.82, 2.24) is 9.78 Å². The average molecular weight is 471 g/mol. The molecule has 1 aromatic heterocycles. The Morgan fingerprint density at radius 1 is 0.971 bits per heavy atom. The normalized spacial score (nSPS) is 10.9. The Hall–Kier alpha value is -4.13. The molecule has 0 aliphatic heterocycles. The lowest BCUT2D eigenvalue weighted by Crippen LogP contribution is -2.16. The maximum Gasteiger partial charge on any atom is 0.335 e. The molecular formula is C28H30N4O3. The van der Waals surface area contributed by atoms with E-state index in [0.29, 0.717) is 22.2 Å². The number of hydrogen-bond acceptors (Lipinski definition) is 4. The van der Waals surface area contributed by atoms with E-state index in [1.807, 2.05) is 49.4 Å². The summed E-state index contributed by atoms with van der Waals surface area (Å²) in [7, 11) is 0. The van der Waals surface area contributed by atoms with Crippen molar-refractivity contribution in [3.05, 3.63) is 83.6 Å². The smallest absolute Gasteiger partial charge is 0.335 e. The first-order valence-electron chi connectivity index (χ1n) is 11.9. The van der Waals surface area contributed by atoms with Gasteiger partial charge in [0.05, 0.1) is 22.3 Å². The Morgan fingerprint density at radius 3 is 2.51 bits per heavy atom. The molecule has 4 aromatic rings. The largest absolute Gasteiger partial charge is 0.478 e. The fraction of sp³-hybridized carbons (Fsp3) is 0.250. The fourth-order valence-corrected chi connectivity index (χ4v) is 3.92. The highest BCUT2D eigenvalue weighted by molar-refractivity contribution is 6.08. The number of carboxylic acid groups (broad SMARTS) is 1. The van der Waals surface area contributed by atoms with Crippen molar-refractivity contribution in [3.8, 4) is 5.69 Å². The lowest BCUT2D eigenvalue weighted by Gasteiger charge is -2.14. The van der Waals surface area contributed by atoms with Crippen LogP contribution in [0.5, 0.6) is 0 Å². The van der Waals surface area contributed by atoms with Gasteiger partial charge in [-0.3, -0.25) is 4.79 Å². The molecule has 0 saturated heterocycles. The Bertz CT molecular complexity index is 1340. The van der Waals surface area contributed by atoms with Gasteiger partial charge in [0, 0.05) is 29.5 Å². The summed E-state index contributed by atoms with van der Waals surface area (Å²) in [5.41, 5.74) is 4.73. The molecule has 0 fully saturated rings. The van der Waals surface area contributed by atoms with Gasteiger partial charge < -0.3 is 15.7 Å². The summed E-state index contributed by atoms with van der Waals surface area (Å²) < 4.78 is 1.67. The van der Waals surface area contributed by atoms with Gasteiger partial charge in [0.1, 0.15) is 0 Å². The molecule has 0 bridgehead atoms. The maximum atomic E-state index is 13.3. The standard InChI is InChI=1S/C28H30N4O3/c1-3-4-5-6-15-29-26-14-12-23(17-24(26)27(33)30-22-10-7-19(2)8-11-22)32-18-21-16-20(28(34)35)9-13-25(21)31-32/h7-14,16-18,29H,3-6,15H2,1-2H3,(H,30,33)(H,34,35). The number of benzene rings is 3. The summed E-state index contributed by atoms with van der Waals surface area (Å²) in [6.45, 7) is 4.97. The third-order valence-corrected chi connectivity index (χ3v) is 5.92. The number of fused-ring (bicyclic) bond motifs is 1. The molecule has 0 aliphatic rings. The van der Waals surface area contributed by atoms with Gasteiger partial charge in [-0.15, -0.1) is 0 Å². The van der Waals surface area contributed by atoms with Crippen LogP contribution in [0.25, 0.3) is 16.6 Å². The van der Waals surface area contributed by atoms with E-state index in [1.54, 1.807) is 23.0 Å². The zero-order valence-electron chi connectivity index (χ0n) is 20.0. The number of carbonyl (C=O) groups is 2. The average Bonchev–Trinajstić information content (AvgIpc) is 3.29. The van der Waals surface area contributed by atoms with Crippen molar-refractivity contribution < 1.29 is 14.7 Å². The molecule has 0 atom stereocenters. The number of unbranched alkanes of at least 4 members (excludes halogenated alkanes) is 3. The number of anilines is 2. The van der Waals surface area contributed by atoms with Crippen LogP contribution in [0.4, 0.5) is 11.4 Å². The zero-order valence-corrected chi connectivity index (χ0v) is 20.0. The van der Waals surface area contributed by atoms with Crippen LogP contribution in [0.2, 0.25) is 0 Å². The predicted octanol–water partition coefficient (Wildman–Crippen LogP) is 6.28. The lowest BCUT2D eigenvalue weighted by molar-refractivity contribution is 0.0697. The molecule has 3 N–H and O–H groups in total. The van der Waals surface area contributed by atoms with Crippen molar-refractivity contribution in [2.45, 2.75) is 39.5 Å². The Labute approximate surface area is 204 Å². The highest BCUT2D eigenvalue weighted by Crippen LogP contribution is 2.24. The predicted molar refractivity (Wildman–Crippen MR) is 140 cm³/mol. The lowest BCUT2D eigenvalue weighted by atomic mass is 10.1. The van der Waals surface area contributed by atoms with E-state index in [9.17, 15) is 14.7 Å². The van der Waals surface area contributed by atoms with Gasteiger partial charge in [0.2, 0.25) is 0 Å². The third-order valence-electron chi connectivity index (χ3n) is 5.92. The summed E-state index contributed by atoms with van der Waals surface area (Å²) in [5.74, 6) is -1.19. The number of aromatic carboxylic acids is 1. The SMILES string of the molecule is CCCCCCNc1ccc(-n2cc3cc(C(=O)O)ccc3n2)cc1C(=O)Nc1ccc(C)cc1. The minimum atomic E-state index is -0.982. The number of aromatic nitrogens is 2. The summed E-state index contributed by atoms with van der Waals surface area (Å²) >= 11 is 0. The van der Waals surface area contributed by atoms with Crippen molar-refractivity contribution in [3.63, 3.8) is 0 Å². The van der Waals surface area contributed by atoms with E-state index in [0.717, 1.165) is 36.3 Å². The number of carbonyl (C=O) groups excluding carboxylic acids is 1. The molecule has 1 heterocycles. The maximum absolute atomic E-state index is 13.3. The van der Waals surface area contributed by atoms with Gasteiger partial charge >= 0.3 is 5.97 Å². The van der Waals surface area contributed by atoms with E-state index >= 15 is 0 Å². The Kier molecular flexibility index (Phi) is 7.45. The van der Waals surface area contributed by atoms with Crippen LogP contribution in [0.1, 0.15) is 58.9 Å². The fourth-order valence-electron chi connectivity index (χ4n) is 3.92. The van der Waals surface area contributed by atoms with Crippen LogP contribution in [0, 0.1) is 6.92 Å². The molecule has 3 aromatic carbocycles. The molecule has 0 unspecified atom stereocenters. The van der Waals surface area contributed by atoms with E-state index in [-0.39, 0.29) is 11.5 Å². The summed E-state index contributed by atoms with van der Waals surface area (Å²) in [6.07, 6.45) is 6.31. The van der Waals surface area contributed by atoms with Gasteiger partial charge in [-0.25, -0.2) is 9.48 Å². The number of amides is 1. The second-order valence-corrected chi connectivity index (χ2v) is 8.69. The van der Waals surface area contributed by atoms with Crippen molar-refractivity contribution in [1.29, 1.82) is 0 Å². The van der Waals surface area contributed by atoms with Crippen LogP contribution in [0.3, 0.4) is 0 Å². The van der Waals surface area contributed by atoms with Gasteiger partial charge in [-0.05, 0) is 61.9 Å². The van der Waals surface area contributed by atoms with Crippen molar-refractivity contribution >= 4 is 34.2 Å². The van der Waals surface area contributed by atoms with Crippen LogP contribution >= 0.6 is 0 Å². The molecule has 35 heavy (non-hydrogen) atoms. The van der Waals surface area contributed by atoms with Crippen molar-refractivity contribution in [2.24, 2.45) is 0 Å². The number of carboxylic acids is 1. The Balaban J connectivity index is 1.64. The first-order valence-corrected chi connectivity index (χ1v) is 11.9. The Morgan fingerprint density at radius 2 is 1.77 bits per heavy atom. The van der Waals surface area contributed by atoms with E-state index in [1.165, 1.54) is 18.9 Å². The van der Waals surface area contributed by atoms with Gasteiger partial charge in [-0.1, -0.05) is 43.9 Å². The molecule has 0 aliphatic carbocycles. The summed E-state index contributed by atoms with van der Waals surface area (Å²) in [5, 5.41) is 21.0. The highest BCUT2D eigenvalue weighted by Gasteiger charge is 2.15. The van der Waals surface area contributed by atoms with Crippen LogP contribution in [0.15, 0.2) is 66.9 Å². The number of nitrogens with zero attached hydrogens (tertiary/aromatic N) is 2.